The highest BCUT2D eigenvalue weighted by Gasteiger charge is 2.11. The van der Waals surface area contributed by atoms with Crippen LogP contribution in [-0.2, 0) is 6.54 Å². The fourth-order valence-corrected chi connectivity index (χ4v) is 2.06. The highest BCUT2D eigenvalue weighted by Crippen LogP contribution is 2.21. The maximum absolute atomic E-state index is 5.90. The van der Waals surface area contributed by atoms with Gasteiger partial charge in [-0.05, 0) is 24.9 Å². The first-order valence-corrected chi connectivity index (χ1v) is 6.76. The van der Waals surface area contributed by atoms with Crippen molar-refractivity contribution in [1.29, 1.82) is 0 Å². The second-order valence-corrected chi connectivity index (χ2v) is 4.52. The van der Waals surface area contributed by atoms with E-state index in [0.29, 0.717) is 5.65 Å². The van der Waals surface area contributed by atoms with E-state index in [9.17, 15) is 0 Å². The van der Waals surface area contributed by atoms with Crippen LogP contribution in [0.25, 0.3) is 11.2 Å². The van der Waals surface area contributed by atoms with Crippen molar-refractivity contribution < 1.29 is 0 Å². The van der Waals surface area contributed by atoms with Crippen molar-refractivity contribution in [2.75, 3.05) is 11.9 Å². The smallest absolute Gasteiger partial charge is 0.226 e. The number of nitrogens with zero attached hydrogens (tertiary/aromatic N) is 4. The lowest BCUT2D eigenvalue weighted by atomic mass is 10.2. The summed E-state index contributed by atoms with van der Waals surface area (Å²) >= 11 is 5.90. The minimum Gasteiger partial charge on any atom is -0.368 e. The quantitative estimate of drug-likeness (QED) is 0.645. The van der Waals surface area contributed by atoms with Crippen LogP contribution in [0.1, 0.15) is 33.1 Å². The van der Waals surface area contributed by atoms with E-state index in [1.165, 1.54) is 12.8 Å². The summed E-state index contributed by atoms with van der Waals surface area (Å²) in [4.78, 5) is 12.6. The molecule has 0 saturated carbocycles. The van der Waals surface area contributed by atoms with Crippen molar-refractivity contribution >= 4 is 28.6 Å². The van der Waals surface area contributed by atoms with Gasteiger partial charge in [0.15, 0.2) is 11.5 Å². The monoisotopic (exact) mass is 267 g/mol. The number of aromatic nitrogens is 4. The predicted molar refractivity (Wildman–Crippen MR) is 74.0 cm³/mol. The number of hydrogen-bond acceptors (Lipinski definition) is 4. The van der Waals surface area contributed by atoms with E-state index in [4.69, 9.17) is 11.6 Å². The molecule has 0 aliphatic heterocycles. The van der Waals surface area contributed by atoms with E-state index >= 15 is 0 Å². The average molecular weight is 268 g/mol. The van der Waals surface area contributed by atoms with E-state index in [2.05, 4.69) is 34.1 Å². The summed E-state index contributed by atoms with van der Waals surface area (Å²) < 4.78 is 2.02. The summed E-state index contributed by atoms with van der Waals surface area (Å²) in [6, 6.07) is 0. The minimum atomic E-state index is 0.238. The van der Waals surface area contributed by atoms with Gasteiger partial charge in [0, 0.05) is 13.1 Å². The maximum Gasteiger partial charge on any atom is 0.226 e. The van der Waals surface area contributed by atoms with Crippen molar-refractivity contribution in [3.05, 3.63) is 11.6 Å². The number of hydrogen-bond donors (Lipinski definition) is 1. The highest BCUT2D eigenvalue weighted by molar-refractivity contribution is 6.28. The molecule has 0 atom stereocenters. The summed E-state index contributed by atoms with van der Waals surface area (Å²) in [5.74, 6) is 0.778. The Bertz CT molecular complexity index is 522. The molecule has 0 spiro atoms. The SMILES string of the molecule is CCCCCNc1nc(Cl)nc2ncn(CC)c12. The number of aryl methyl sites for hydroxylation is 1. The molecular formula is C12H18ClN5. The minimum absolute atomic E-state index is 0.238. The lowest BCUT2D eigenvalue weighted by Gasteiger charge is -2.08. The third-order valence-corrected chi connectivity index (χ3v) is 3.03. The van der Waals surface area contributed by atoms with Crippen molar-refractivity contribution in [1.82, 2.24) is 19.5 Å². The number of halogens is 1. The first-order valence-electron chi connectivity index (χ1n) is 6.38. The van der Waals surface area contributed by atoms with Crippen molar-refractivity contribution in [3.8, 4) is 0 Å². The molecule has 0 aromatic carbocycles. The van der Waals surface area contributed by atoms with Crippen LogP contribution in [-0.4, -0.2) is 26.1 Å². The third-order valence-electron chi connectivity index (χ3n) is 2.86. The molecule has 0 fully saturated rings. The van der Waals surface area contributed by atoms with Gasteiger partial charge in [0.05, 0.1) is 6.33 Å². The Hall–Kier alpha value is -1.36. The standard InChI is InChI=1S/C12H18ClN5/c1-3-5-6-7-14-10-9-11(17-12(13)16-10)15-8-18(9)4-2/h8H,3-7H2,1-2H3,(H,14,16,17). The van der Waals surface area contributed by atoms with Gasteiger partial charge in [-0.25, -0.2) is 4.98 Å². The molecule has 0 radical (unpaired) electrons. The van der Waals surface area contributed by atoms with Gasteiger partial charge in [-0.3, -0.25) is 0 Å². The molecule has 0 aliphatic carbocycles. The van der Waals surface area contributed by atoms with Crippen molar-refractivity contribution in [2.24, 2.45) is 0 Å². The molecule has 18 heavy (non-hydrogen) atoms. The lowest BCUT2D eigenvalue weighted by molar-refractivity contribution is 0.741. The molecular weight excluding hydrogens is 250 g/mol. The number of imidazole rings is 1. The Balaban J connectivity index is 2.26. The normalized spacial score (nSPS) is 11.1. The van der Waals surface area contributed by atoms with Crippen molar-refractivity contribution in [3.63, 3.8) is 0 Å². The van der Waals surface area contributed by atoms with Crippen LogP contribution >= 0.6 is 11.6 Å². The molecule has 6 heteroatoms. The van der Waals surface area contributed by atoms with Crippen LogP contribution in [0, 0.1) is 0 Å². The van der Waals surface area contributed by atoms with Gasteiger partial charge < -0.3 is 9.88 Å². The summed E-state index contributed by atoms with van der Waals surface area (Å²) in [5.41, 5.74) is 1.58. The maximum atomic E-state index is 5.90. The predicted octanol–water partition coefficient (Wildman–Crippen LogP) is 3.10. The van der Waals surface area contributed by atoms with E-state index in [1.807, 2.05) is 4.57 Å². The first-order chi connectivity index (χ1) is 8.76. The van der Waals surface area contributed by atoms with Gasteiger partial charge in [0.25, 0.3) is 0 Å². The molecule has 0 aliphatic rings. The molecule has 0 unspecified atom stereocenters. The summed E-state index contributed by atoms with van der Waals surface area (Å²) in [6.45, 7) is 5.98. The Morgan fingerprint density at radius 3 is 2.83 bits per heavy atom. The van der Waals surface area contributed by atoms with E-state index in [-0.39, 0.29) is 5.28 Å². The number of rotatable bonds is 6. The van der Waals surface area contributed by atoms with Gasteiger partial charge >= 0.3 is 0 Å². The summed E-state index contributed by atoms with van der Waals surface area (Å²) in [5, 5.41) is 3.57. The lowest BCUT2D eigenvalue weighted by Crippen LogP contribution is -2.06. The fourth-order valence-electron chi connectivity index (χ4n) is 1.90. The highest BCUT2D eigenvalue weighted by atomic mass is 35.5. The molecule has 5 nitrogen and oxygen atoms in total. The van der Waals surface area contributed by atoms with E-state index in [1.54, 1.807) is 6.33 Å². The van der Waals surface area contributed by atoms with Crippen LogP contribution in [0.4, 0.5) is 5.82 Å². The molecule has 2 aromatic rings. The zero-order valence-electron chi connectivity index (χ0n) is 10.8. The number of anilines is 1. The molecule has 0 amide bonds. The zero-order valence-corrected chi connectivity index (χ0v) is 11.5. The molecule has 0 bridgehead atoms. The zero-order chi connectivity index (χ0) is 13.0. The third kappa shape index (κ3) is 2.72. The van der Waals surface area contributed by atoms with Gasteiger partial charge in [0.2, 0.25) is 5.28 Å². The fraction of sp³-hybridized carbons (Fsp3) is 0.583. The van der Waals surface area contributed by atoms with Crippen molar-refractivity contribution in [2.45, 2.75) is 39.7 Å². The molecule has 2 heterocycles. The Morgan fingerprint density at radius 2 is 2.11 bits per heavy atom. The number of unbranched alkanes of at least 4 members (excludes halogenated alkanes) is 2. The van der Waals surface area contributed by atoms with Gasteiger partial charge in [-0.2, -0.15) is 9.97 Å². The number of nitrogens with one attached hydrogen (secondary N) is 1. The first kappa shape index (κ1) is 13.1. The topological polar surface area (TPSA) is 55.6 Å². The molecule has 98 valence electrons. The second-order valence-electron chi connectivity index (χ2n) is 4.18. The van der Waals surface area contributed by atoms with Crippen LogP contribution in [0.5, 0.6) is 0 Å². The van der Waals surface area contributed by atoms with Gasteiger partial charge in [0.1, 0.15) is 5.52 Å². The van der Waals surface area contributed by atoms with E-state index < -0.39 is 0 Å². The van der Waals surface area contributed by atoms with Crippen LogP contribution in [0.3, 0.4) is 0 Å². The largest absolute Gasteiger partial charge is 0.368 e. The van der Waals surface area contributed by atoms with E-state index in [0.717, 1.165) is 30.8 Å². The average Bonchev–Trinajstić information content (AvgIpc) is 2.77. The molecule has 2 aromatic heterocycles. The summed E-state index contributed by atoms with van der Waals surface area (Å²) in [6.07, 6.45) is 5.31. The molecule has 0 saturated heterocycles. The van der Waals surface area contributed by atoms with Crippen LogP contribution in [0.2, 0.25) is 5.28 Å². The Kier molecular flexibility index (Phi) is 4.36. The Morgan fingerprint density at radius 1 is 1.28 bits per heavy atom. The van der Waals surface area contributed by atoms with Gasteiger partial charge in [-0.15, -0.1) is 0 Å². The second kappa shape index (κ2) is 6.00. The Labute approximate surface area is 112 Å². The van der Waals surface area contributed by atoms with Gasteiger partial charge in [-0.1, -0.05) is 19.8 Å². The summed E-state index contributed by atoms with van der Waals surface area (Å²) in [7, 11) is 0. The molecule has 2 rings (SSSR count). The van der Waals surface area contributed by atoms with Crippen LogP contribution in [0.15, 0.2) is 6.33 Å². The number of fused-ring (bicyclic) bond motifs is 1. The van der Waals surface area contributed by atoms with Crippen LogP contribution < -0.4 is 5.32 Å². The molecule has 1 N–H and O–H groups in total.